The van der Waals surface area contributed by atoms with Gasteiger partial charge in [0, 0.05) is 27.7 Å². The minimum absolute atomic E-state index is 0.0123. The van der Waals surface area contributed by atoms with Crippen LogP contribution in [-0.4, -0.2) is 80.3 Å². The van der Waals surface area contributed by atoms with E-state index in [0.717, 1.165) is 12.8 Å². The van der Waals surface area contributed by atoms with E-state index < -0.39 is 6.04 Å². The van der Waals surface area contributed by atoms with Crippen LogP contribution >= 0.6 is 0 Å². The number of hydrogen-bond acceptors (Lipinski definition) is 6. The van der Waals surface area contributed by atoms with Gasteiger partial charge in [-0.2, -0.15) is 5.26 Å². The van der Waals surface area contributed by atoms with Crippen LogP contribution in [0, 0.1) is 11.3 Å². The molecule has 1 aromatic rings. The summed E-state index contributed by atoms with van der Waals surface area (Å²) in [6.07, 6.45) is 2.03. The molecule has 0 unspecified atom stereocenters. The summed E-state index contributed by atoms with van der Waals surface area (Å²) in [6.45, 7) is 2.47. The van der Waals surface area contributed by atoms with Crippen LogP contribution in [0.1, 0.15) is 42.1 Å². The summed E-state index contributed by atoms with van der Waals surface area (Å²) in [5.41, 5.74) is 0.595. The third-order valence-corrected chi connectivity index (χ3v) is 6.02. The van der Waals surface area contributed by atoms with Crippen molar-refractivity contribution in [2.24, 2.45) is 0 Å². The summed E-state index contributed by atoms with van der Waals surface area (Å²) in [6, 6.07) is 6.12. The third-order valence-electron chi connectivity index (χ3n) is 6.02. The number of benzene rings is 1. The summed E-state index contributed by atoms with van der Waals surface area (Å²) in [5, 5.41) is 9.27. The fourth-order valence-electron chi connectivity index (χ4n) is 3.93. The number of ether oxygens (including phenoxy) is 3. The monoisotopic (exact) mass is 415 g/mol. The first-order chi connectivity index (χ1) is 14.3. The van der Waals surface area contributed by atoms with Crippen molar-refractivity contribution in [3.8, 4) is 11.8 Å². The molecule has 0 aliphatic carbocycles. The summed E-state index contributed by atoms with van der Waals surface area (Å²) < 4.78 is 17.8. The number of methoxy groups -OCH3 is 1. The molecule has 4 atom stereocenters. The lowest BCUT2D eigenvalue weighted by Gasteiger charge is -2.37. The van der Waals surface area contributed by atoms with Crippen LogP contribution in [-0.2, 0) is 14.3 Å². The molecule has 3 rings (SSSR count). The van der Waals surface area contributed by atoms with Crippen molar-refractivity contribution in [2.45, 2.75) is 50.5 Å². The van der Waals surface area contributed by atoms with E-state index >= 15 is 0 Å². The maximum absolute atomic E-state index is 13.2. The highest BCUT2D eigenvalue weighted by molar-refractivity contribution is 5.99. The molecule has 8 nitrogen and oxygen atoms in total. The van der Waals surface area contributed by atoms with E-state index in [1.54, 1.807) is 45.2 Å². The van der Waals surface area contributed by atoms with Crippen molar-refractivity contribution in [1.29, 1.82) is 5.26 Å². The highest BCUT2D eigenvalue weighted by Crippen LogP contribution is 2.28. The zero-order valence-corrected chi connectivity index (χ0v) is 18.0. The first kappa shape index (κ1) is 22.1. The molecule has 30 heavy (non-hydrogen) atoms. The molecule has 0 saturated carbocycles. The van der Waals surface area contributed by atoms with Crippen LogP contribution in [0.25, 0.3) is 0 Å². The molecule has 0 aromatic heterocycles. The first-order valence-corrected chi connectivity index (χ1v) is 10.2. The standard InChI is InChI=1S/C22H29N3O5/c1-14-21(26)24(2)10-9-16-6-8-19(28-4)20(30-16)13-29-18-7-5-15(12-23)11-17(18)22(27)25(14)3/h5,7,11,14,16,19-20H,6,8-10,13H2,1-4H3/t14-,16+,19+,20+/m1/s1. The van der Waals surface area contributed by atoms with Crippen LogP contribution in [0.5, 0.6) is 5.75 Å². The van der Waals surface area contributed by atoms with Gasteiger partial charge in [-0.3, -0.25) is 9.59 Å². The van der Waals surface area contributed by atoms with Crippen molar-refractivity contribution in [3.63, 3.8) is 0 Å². The van der Waals surface area contributed by atoms with Crippen LogP contribution in [0.15, 0.2) is 18.2 Å². The Hall–Kier alpha value is -2.63. The average Bonchev–Trinajstić information content (AvgIpc) is 2.78. The zero-order chi connectivity index (χ0) is 21.8. The lowest BCUT2D eigenvalue weighted by Crippen LogP contribution is -2.48. The second kappa shape index (κ2) is 9.45. The molecule has 1 aromatic carbocycles. The molecule has 1 fully saturated rings. The molecule has 162 valence electrons. The number of likely N-dealkylation sites (N-methyl/N-ethyl adjacent to an activating group) is 2. The quantitative estimate of drug-likeness (QED) is 0.695. The number of nitrogens with zero attached hydrogens (tertiary/aromatic N) is 3. The number of carbonyl (C=O) groups is 2. The minimum Gasteiger partial charge on any atom is -0.490 e. The third kappa shape index (κ3) is 4.58. The van der Waals surface area contributed by atoms with E-state index in [2.05, 4.69) is 0 Å². The maximum Gasteiger partial charge on any atom is 0.258 e. The molecule has 0 spiro atoms. The highest BCUT2D eigenvalue weighted by Gasteiger charge is 2.34. The lowest BCUT2D eigenvalue weighted by atomic mass is 9.99. The van der Waals surface area contributed by atoms with Gasteiger partial charge < -0.3 is 24.0 Å². The zero-order valence-electron chi connectivity index (χ0n) is 18.0. The number of amides is 2. The number of hydrogen-bond donors (Lipinski definition) is 0. The molecular weight excluding hydrogens is 386 g/mol. The highest BCUT2D eigenvalue weighted by atomic mass is 16.6. The summed E-state index contributed by atoms with van der Waals surface area (Å²) in [5.74, 6) is -0.167. The molecule has 0 N–H and O–H groups in total. The number of fused-ring (bicyclic) bond motifs is 3. The van der Waals surface area contributed by atoms with Gasteiger partial charge in [0.2, 0.25) is 5.91 Å². The van der Waals surface area contributed by atoms with E-state index in [9.17, 15) is 14.9 Å². The average molecular weight is 415 g/mol. The molecule has 2 aliphatic heterocycles. The molecule has 8 heteroatoms. The van der Waals surface area contributed by atoms with Crippen molar-refractivity contribution in [2.75, 3.05) is 34.4 Å². The molecule has 2 amide bonds. The Balaban J connectivity index is 1.98. The predicted octanol–water partition coefficient (Wildman–Crippen LogP) is 1.82. The molecule has 2 aliphatic rings. The second-order valence-electron chi connectivity index (χ2n) is 7.92. The van der Waals surface area contributed by atoms with Crippen molar-refractivity contribution < 1.29 is 23.8 Å². The van der Waals surface area contributed by atoms with Crippen molar-refractivity contribution in [1.82, 2.24) is 9.80 Å². The van der Waals surface area contributed by atoms with Gasteiger partial charge in [0.1, 0.15) is 24.5 Å². The van der Waals surface area contributed by atoms with E-state index in [-0.39, 0.29) is 42.3 Å². The molecule has 2 bridgehead atoms. The van der Waals surface area contributed by atoms with Gasteiger partial charge >= 0.3 is 0 Å². The fraction of sp³-hybridized carbons (Fsp3) is 0.591. The van der Waals surface area contributed by atoms with Crippen LogP contribution < -0.4 is 4.74 Å². The Morgan fingerprint density at radius 1 is 1.20 bits per heavy atom. The second-order valence-corrected chi connectivity index (χ2v) is 7.92. The van der Waals surface area contributed by atoms with Gasteiger partial charge in [-0.25, -0.2) is 0 Å². The Labute approximate surface area is 177 Å². The van der Waals surface area contributed by atoms with E-state index in [4.69, 9.17) is 14.2 Å². The smallest absolute Gasteiger partial charge is 0.258 e. The van der Waals surface area contributed by atoms with Crippen LogP contribution in [0.4, 0.5) is 0 Å². The summed E-state index contributed by atoms with van der Waals surface area (Å²) in [7, 11) is 4.98. The van der Waals surface area contributed by atoms with Gasteiger partial charge in [-0.15, -0.1) is 0 Å². The van der Waals surface area contributed by atoms with Crippen molar-refractivity contribution >= 4 is 11.8 Å². The van der Waals surface area contributed by atoms with E-state index in [1.165, 1.54) is 11.0 Å². The van der Waals surface area contributed by atoms with Crippen LogP contribution in [0.3, 0.4) is 0 Å². The van der Waals surface area contributed by atoms with Gasteiger partial charge in [-0.1, -0.05) is 0 Å². The Kier molecular flexibility index (Phi) is 6.95. The van der Waals surface area contributed by atoms with Crippen LogP contribution in [0.2, 0.25) is 0 Å². The van der Waals surface area contributed by atoms with Gasteiger partial charge in [0.25, 0.3) is 5.91 Å². The Morgan fingerprint density at radius 3 is 2.67 bits per heavy atom. The Bertz CT molecular complexity index is 837. The number of nitriles is 1. The fourth-order valence-corrected chi connectivity index (χ4v) is 3.93. The van der Waals surface area contributed by atoms with E-state index in [0.29, 0.717) is 24.3 Å². The molecule has 0 radical (unpaired) electrons. The largest absolute Gasteiger partial charge is 0.490 e. The van der Waals surface area contributed by atoms with Crippen molar-refractivity contribution in [3.05, 3.63) is 29.3 Å². The summed E-state index contributed by atoms with van der Waals surface area (Å²) >= 11 is 0. The predicted molar refractivity (Wildman–Crippen MR) is 109 cm³/mol. The molecule has 1 saturated heterocycles. The molecular formula is C22H29N3O5. The lowest BCUT2D eigenvalue weighted by molar-refractivity contribution is -0.146. The maximum atomic E-state index is 13.2. The van der Waals surface area contributed by atoms with Gasteiger partial charge in [0.05, 0.1) is 29.4 Å². The first-order valence-electron chi connectivity index (χ1n) is 10.2. The summed E-state index contributed by atoms with van der Waals surface area (Å²) in [4.78, 5) is 29.1. The minimum atomic E-state index is -0.651. The topological polar surface area (TPSA) is 92.1 Å². The number of rotatable bonds is 1. The number of carbonyl (C=O) groups excluding carboxylic acids is 2. The van der Waals surface area contributed by atoms with E-state index in [1.807, 2.05) is 6.07 Å². The SMILES string of the molecule is CO[C@H]1CC[C@H]2CCN(C)C(=O)[C@@H](C)N(C)C(=O)c3cc(C#N)ccc3OC[C@@H]1O2. The normalized spacial score (nSPS) is 28.2. The van der Waals surface area contributed by atoms with Gasteiger partial charge in [-0.05, 0) is 44.4 Å². The van der Waals surface area contributed by atoms with Gasteiger partial charge in [0.15, 0.2) is 0 Å². The Morgan fingerprint density at radius 2 is 1.97 bits per heavy atom. The molecule has 2 heterocycles.